The van der Waals surface area contributed by atoms with Gasteiger partial charge < -0.3 is 15.2 Å². The number of aromatic nitrogens is 2. The summed E-state index contributed by atoms with van der Waals surface area (Å²) in [6.45, 7) is 5.48. The zero-order chi connectivity index (χ0) is 18.3. The molecule has 0 spiro atoms. The van der Waals surface area contributed by atoms with Gasteiger partial charge in [0.25, 0.3) is 0 Å². The Hall–Kier alpha value is -2.50. The van der Waals surface area contributed by atoms with Crippen LogP contribution in [0.2, 0.25) is 0 Å². The van der Waals surface area contributed by atoms with Gasteiger partial charge in [0.1, 0.15) is 5.75 Å². The third-order valence-electron chi connectivity index (χ3n) is 5.06. The quantitative estimate of drug-likeness (QED) is 0.761. The topological polar surface area (TPSA) is 67.3 Å². The Balaban J connectivity index is 1.83. The first-order chi connectivity index (χ1) is 12.6. The van der Waals surface area contributed by atoms with Crippen LogP contribution in [0.3, 0.4) is 0 Å². The van der Waals surface area contributed by atoms with Gasteiger partial charge in [-0.05, 0) is 55.3 Å². The molecular weight excluding hydrogens is 326 g/mol. The summed E-state index contributed by atoms with van der Waals surface area (Å²) in [5.41, 5.74) is 5.71. The normalized spacial score (nSPS) is 19.8. The van der Waals surface area contributed by atoms with Gasteiger partial charge in [-0.1, -0.05) is 6.07 Å². The van der Waals surface area contributed by atoms with Crippen LogP contribution in [0.15, 0.2) is 36.4 Å². The Bertz CT molecular complexity index is 971. The molecule has 134 valence electrons. The van der Waals surface area contributed by atoms with E-state index in [4.69, 9.17) is 14.7 Å². The summed E-state index contributed by atoms with van der Waals surface area (Å²) in [5, 5.41) is 14.3. The number of ether oxygens (including phenoxy) is 1. The maximum atomic E-state index is 10.1. The number of fused-ring (bicyclic) bond motifs is 1. The third kappa shape index (κ3) is 2.93. The molecule has 5 nitrogen and oxygen atoms in total. The smallest absolute Gasteiger partial charge is 0.160 e. The first-order valence-electron chi connectivity index (χ1n) is 8.89. The lowest BCUT2D eigenvalue weighted by Gasteiger charge is -2.15. The Kier molecular flexibility index (Phi) is 4.34. The summed E-state index contributed by atoms with van der Waals surface area (Å²) in [6, 6.07) is 12.2. The minimum Gasteiger partial charge on any atom is -0.496 e. The predicted octanol–water partition coefficient (Wildman–Crippen LogP) is 2.97. The van der Waals surface area contributed by atoms with Gasteiger partial charge in [-0.15, -0.1) is 0 Å². The number of aryl methyl sites for hydroxylation is 2. The summed E-state index contributed by atoms with van der Waals surface area (Å²) in [4.78, 5) is 9.55. The van der Waals surface area contributed by atoms with Crippen LogP contribution in [0.25, 0.3) is 22.3 Å². The lowest BCUT2D eigenvalue weighted by Crippen LogP contribution is -2.17. The Labute approximate surface area is 153 Å². The molecule has 5 heteroatoms. The van der Waals surface area contributed by atoms with Crippen LogP contribution in [0.1, 0.15) is 22.7 Å². The Morgan fingerprint density at radius 1 is 1.08 bits per heavy atom. The van der Waals surface area contributed by atoms with Crippen molar-refractivity contribution in [2.24, 2.45) is 0 Å². The second kappa shape index (κ2) is 6.67. The lowest BCUT2D eigenvalue weighted by molar-refractivity contribution is 0.176. The molecule has 1 saturated heterocycles. The first-order valence-corrected chi connectivity index (χ1v) is 8.89. The molecule has 0 bridgehead atoms. The largest absolute Gasteiger partial charge is 0.496 e. The highest BCUT2D eigenvalue weighted by Crippen LogP contribution is 2.34. The molecule has 1 aromatic carbocycles. The van der Waals surface area contributed by atoms with Crippen molar-refractivity contribution in [3.63, 3.8) is 0 Å². The van der Waals surface area contributed by atoms with Crippen molar-refractivity contribution in [3.8, 4) is 17.0 Å². The molecule has 0 amide bonds. The van der Waals surface area contributed by atoms with Gasteiger partial charge in [-0.25, -0.2) is 9.97 Å². The molecule has 2 atom stereocenters. The molecule has 2 unspecified atom stereocenters. The zero-order valence-corrected chi connectivity index (χ0v) is 15.3. The van der Waals surface area contributed by atoms with Crippen LogP contribution in [-0.4, -0.2) is 41.4 Å². The highest BCUT2D eigenvalue weighted by molar-refractivity contribution is 5.81. The van der Waals surface area contributed by atoms with Crippen molar-refractivity contribution in [2.75, 3.05) is 20.2 Å². The molecule has 2 aromatic heterocycles. The van der Waals surface area contributed by atoms with E-state index in [1.807, 2.05) is 30.3 Å². The number of β-amino-alcohol motifs (C(OH)–C–C–N with tert-alkyl or cyclic N) is 1. The third-order valence-corrected chi connectivity index (χ3v) is 5.06. The summed E-state index contributed by atoms with van der Waals surface area (Å²) in [6.07, 6.45) is -0.400. The van der Waals surface area contributed by atoms with Gasteiger partial charge in [0, 0.05) is 35.7 Å². The van der Waals surface area contributed by atoms with Crippen molar-refractivity contribution in [2.45, 2.75) is 25.9 Å². The van der Waals surface area contributed by atoms with Crippen molar-refractivity contribution in [3.05, 3.63) is 53.2 Å². The van der Waals surface area contributed by atoms with E-state index in [-0.39, 0.29) is 5.92 Å². The van der Waals surface area contributed by atoms with Crippen LogP contribution < -0.4 is 10.1 Å². The fourth-order valence-corrected chi connectivity index (χ4v) is 3.74. The standard InChI is InChI=1S/C21H23N3O2/c1-12-8-13(2)20(19(9-12)26-3)17-7-5-14-4-6-16(23-21(14)24-17)15-10-22-11-18(15)25/h4-9,15,18,22,25H,10-11H2,1-3H3. The molecule has 0 radical (unpaired) electrons. The van der Waals surface area contributed by atoms with Crippen molar-refractivity contribution >= 4 is 11.0 Å². The highest BCUT2D eigenvalue weighted by atomic mass is 16.5. The summed E-state index contributed by atoms with van der Waals surface area (Å²) < 4.78 is 5.59. The predicted molar refractivity (Wildman–Crippen MR) is 103 cm³/mol. The molecule has 0 saturated carbocycles. The van der Waals surface area contributed by atoms with E-state index in [0.717, 1.165) is 45.8 Å². The number of rotatable bonds is 3. The van der Waals surface area contributed by atoms with Crippen LogP contribution in [0.4, 0.5) is 0 Å². The molecule has 3 heterocycles. The molecule has 1 aliphatic heterocycles. The number of hydrogen-bond donors (Lipinski definition) is 2. The maximum absolute atomic E-state index is 10.1. The van der Waals surface area contributed by atoms with E-state index in [9.17, 15) is 5.11 Å². The second-order valence-electron chi connectivity index (χ2n) is 6.97. The Morgan fingerprint density at radius 3 is 2.62 bits per heavy atom. The summed E-state index contributed by atoms with van der Waals surface area (Å²) in [5.74, 6) is 0.835. The molecule has 1 aliphatic rings. The van der Waals surface area contributed by atoms with Gasteiger partial charge in [0.2, 0.25) is 0 Å². The van der Waals surface area contributed by atoms with Crippen molar-refractivity contribution < 1.29 is 9.84 Å². The Morgan fingerprint density at radius 2 is 1.88 bits per heavy atom. The summed E-state index contributed by atoms with van der Waals surface area (Å²) >= 11 is 0. The fraction of sp³-hybridized carbons (Fsp3) is 0.333. The summed E-state index contributed by atoms with van der Waals surface area (Å²) in [7, 11) is 1.68. The van der Waals surface area contributed by atoms with E-state index in [1.165, 1.54) is 0 Å². The van der Waals surface area contributed by atoms with Gasteiger partial charge in [-0.3, -0.25) is 0 Å². The molecule has 1 fully saturated rings. The molecule has 3 aromatic rings. The van der Waals surface area contributed by atoms with E-state index in [1.54, 1.807) is 7.11 Å². The average Bonchev–Trinajstić information content (AvgIpc) is 3.06. The number of pyridine rings is 2. The number of aliphatic hydroxyl groups excluding tert-OH is 1. The van der Waals surface area contributed by atoms with Gasteiger partial charge in [-0.2, -0.15) is 0 Å². The minimum absolute atomic E-state index is 0.0144. The molecule has 4 rings (SSSR count). The number of nitrogens with zero attached hydrogens (tertiary/aromatic N) is 2. The van der Waals surface area contributed by atoms with Gasteiger partial charge >= 0.3 is 0 Å². The van der Waals surface area contributed by atoms with Crippen LogP contribution >= 0.6 is 0 Å². The van der Waals surface area contributed by atoms with E-state index < -0.39 is 6.10 Å². The van der Waals surface area contributed by atoms with Crippen molar-refractivity contribution in [1.82, 2.24) is 15.3 Å². The first kappa shape index (κ1) is 16.9. The molecule has 0 aliphatic carbocycles. The molecule has 26 heavy (non-hydrogen) atoms. The lowest BCUT2D eigenvalue weighted by atomic mass is 9.99. The SMILES string of the molecule is COc1cc(C)cc(C)c1-c1ccc2ccc(C3CNCC3O)nc2n1. The number of methoxy groups -OCH3 is 1. The van der Waals surface area contributed by atoms with E-state index in [2.05, 4.69) is 25.2 Å². The van der Waals surface area contributed by atoms with E-state index >= 15 is 0 Å². The van der Waals surface area contributed by atoms with Crippen LogP contribution in [-0.2, 0) is 0 Å². The van der Waals surface area contributed by atoms with Gasteiger partial charge in [0.05, 0.1) is 18.9 Å². The number of nitrogens with one attached hydrogen (secondary N) is 1. The fourth-order valence-electron chi connectivity index (χ4n) is 3.74. The number of benzene rings is 1. The molecule has 2 N–H and O–H groups in total. The minimum atomic E-state index is -0.400. The number of hydrogen-bond acceptors (Lipinski definition) is 5. The second-order valence-corrected chi connectivity index (χ2v) is 6.97. The number of aliphatic hydroxyl groups is 1. The zero-order valence-electron chi connectivity index (χ0n) is 15.3. The maximum Gasteiger partial charge on any atom is 0.160 e. The highest BCUT2D eigenvalue weighted by Gasteiger charge is 2.27. The molecular formula is C21H23N3O2. The van der Waals surface area contributed by atoms with Crippen molar-refractivity contribution in [1.29, 1.82) is 0 Å². The average molecular weight is 349 g/mol. The van der Waals surface area contributed by atoms with E-state index in [0.29, 0.717) is 12.2 Å². The van der Waals surface area contributed by atoms with Gasteiger partial charge in [0.15, 0.2) is 5.65 Å². The monoisotopic (exact) mass is 349 g/mol. The van der Waals surface area contributed by atoms with Crippen LogP contribution in [0.5, 0.6) is 5.75 Å². The van der Waals surface area contributed by atoms with Crippen LogP contribution in [0, 0.1) is 13.8 Å².